The Morgan fingerprint density at radius 1 is 1.38 bits per heavy atom. The number of carboxylic acid groups (broad SMARTS) is 1. The summed E-state index contributed by atoms with van der Waals surface area (Å²) >= 11 is 0. The Morgan fingerprint density at radius 3 is 2.38 bits per heavy atom. The minimum Gasteiger partial charge on any atom is -0.480 e. The Kier molecular flexibility index (Phi) is 4.46. The number of benzene rings is 1. The highest BCUT2D eigenvalue weighted by atomic mass is 16.4. The minimum absolute atomic E-state index is 0.464. The highest BCUT2D eigenvalue weighted by Gasteiger charge is 2.28. The second-order valence-electron chi connectivity index (χ2n) is 3.96. The van der Waals surface area contributed by atoms with E-state index in [1.165, 1.54) is 0 Å². The van der Waals surface area contributed by atoms with Crippen molar-refractivity contribution < 1.29 is 15.0 Å². The van der Waals surface area contributed by atoms with Gasteiger partial charge in [0.15, 0.2) is 0 Å². The van der Waals surface area contributed by atoms with Crippen LogP contribution in [0.15, 0.2) is 30.3 Å². The molecule has 1 rings (SSSR count). The molecule has 0 aliphatic carbocycles. The molecule has 0 aliphatic rings. The van der Waals surface area contributed by atoms with Crippen molar-refractivity contribution in [1.82, 2.24) is 0 Å². The first-order chi connectivity index (χ1) is 7.52. The number of aliphatic hydroxyl groups excluding tert-OH is 1. The Balaban J connectivity index is 2.77. The van der Waals surface area contributed by atoms with E-state index in [2.05, 4.69) is 0 Å². The van der Waals surface area contributed by atoms with Gasteiger partial charge < -0.3 is 15.9 Å². The van der Waals surface area contributed by atoms with E-state index in [-0.39, 0.29) is 0 Å². The van der Waals surface area contributed by atoms with Crippen LogP contribution in [0.5, 0.6) is 0 Å². The van der Waals surface area contributed by atoms with Crippen molar-refractivity contribution in [3.05, 3.63) is 35.9 Å². The monoisotopic (exact) mass is 223 g/mol. The van der Waals surface area contributed by atoms with E-state index >= 15 is 0 Å². The average molecular weight is 223 g/mol. The summed E-state index contributed by atoms with van der Waals surface area (Å²) in [5.41, 5.74) is 6.53. The zero-order chi connectivity index (χ0) is 12.1. The van der Waals surface area contributed by atoms with E-state index in [1.54, 1.807) is 6.92 Å². The fraction of sp³-hybridized carbons (Fsp3) is 0.417. The molecule has 4 nitrogen and oxygen atoms in total. The molecule has 16 heavy (non-hydrogen) atoms. The van der Waals surface area contributed by atoms with E-state index in [0.29, 0.717) is 6.42 Å². The van der Waals surface area contributed by atoms with Crippen LogP contribution in [-0.2, 0) is 11.2 Å². The standard InChI is InChI=1S/C12H17NO3/c1-8(14)10(11(13)12(15)16)7-9-5-3-2-4-6-9/h2-6,8,10-11,14H,7,13H2,1H3,(H,15,16)/t8-,10+,11+/m1/s1. The fourth-order valence-electron chi connectivity index (χ4n) is 1.67. The first-order valence-electron chi connectivity index (χ1n) is 5.22. The van der Waals surface area contributed by atoms with Crippen LogP contribution in [0.1, 0.15) is 12.5 Å². The van der Waals surface area contributed by atoms with Crippen LogP contribution in [0.25, 0.3) is 0 Å². The summed E-state index contributed by atoms with van der Waals surface area (Å²) in [6.45, 7) is 1.57. The summed E-state index contributed by atoms with van der Waals surface area (Å²) in [5.74, 6) is -1.55. The van der Waals surface area contributed by atoms with Crippen molar-refractivity contribution in [3.63, 3.8) is 0 Å². The summed E-state index contributed by atoms with van der Waals surface area (Å²) in [7, 11) is 0. The normalized spacial score (nSPS) is 16.4. The molecule has 0 saturated heterocycles. The molecule has 1 aromatic rings. The summed E-state index contributed by atoms with van der Waals surface area (Å²) in [6.07, 6.45) is -0.280. The van der Waals surface area contributed by atoms with Gasteiger partial charge in [0, 0.05) is 5.92 Å². The third-order valence-electron chi connectivity index (χ3n) is 2.68. The molecule has 1 aromatic carbocycles. The molecular formula is C12H17NO3. The molecule has 0 fully saturated rings. The zero-order valence-electron chi connectivity index (χ0n) is 9.21. The summed E-state index contributed by atoms with van der Waals surface area (Å²) in [4.78, 5) is 10.8. The third kappa shape index (κ3) is 3.32. The minimum atomic E-state index is -1.08. The number of hydrogen-bond donors (Lipinski definition) is 3. The Morgan fingerprint density at radius 2 is 1.94 bits per heavy atom. The Bertz CT molecular complexity index is 337. The molecule has 4 N–H and O–H groups in total. The lowest BCUT2D eigenvalue weighted by atomic mass is 9.88. The molecule has 4 heteroatoms. The number of nitrogens with two attached hydrogens (primary N) is 1. The quantitative estimate of drug-likeness (QED) is 0.684. The van der Waals surface area contributed by atoms with Gasteiger partial charge in [-0.05, 0) is 18.9 Å². The second kappa shape index (κ2) is 5.63. The van der Waals surface area contributed by atoms with E-state index in [9.17, 15) is 9.90 Å². The molecule has 0 aromatic heterocycles. The highest BCUT2D eigenvalue weighted by Crippen LogP contribution is 2.15. The van der Waals surface area contributed by atoms with Crippen molar-refractivity contribution in [2.24, 2.45) is 11.7 Å². The third-order valence-corrected chi connectivity index (χ3v) is 2.68. The van der Waals surface area contributed by atoms with Gasteiger partial charge in [0.25, 0.3) is 0 Å². The van der Waals surface area contributed by atoms with Crippen LogP contribution in [0.4, 0.5) is 0 Å². The Hall–Kier alpha value is -1.39. The molecule has 88 valence electrons. The molecule has 0 aliphatic heterocycles. The lowest BCUT2D eigenvalue weighted by Crippen LogP contribution is -2.44. The zero-order valence-corrected chi connectivity index (χ0v) is 9.21. The number of carbonyl (C=O) groups is 1. The maximum absolute atomic E-state index is 10.8. The second-order valence-corrected chi connectivity index (χ2v) is 3.96. The molecule has 0 spiro atoms. The van der Waals surface area contributed by atoms with Crippen LogP contribution >= 0.6 is 0 Å². The maximum atomic E-state index is 10.8. The highest BCUT2D eigenvalue weighted by molar-refractivity contribution is 5.73. The topological polar surface area (TPSA) is 83.5 Å². The van der Waals surface area contributed by atoms with Gasteiger partial charge in [0.2, 0.25) is 0 Å². The van der Waals surface area contributed by atoms with Gasteiger partial charge in [-0.3, -0.25) is 4.79 Å². The average Bonchev–Trinajstić information content (AvgIpc) is 2.26. The van der Waals surface area contributed by atoms with Crippen LogP contribution in [0, 0.1) is 5.92 Å². The molecule has 0 radical (unpaired) electrons. The first-order valence-corrected chi connectivity index (χ1v) is 5.22. The largest absolute Gasteiger partial charge is 0.480 e. The molecule has 0 amide bonds. The van der Waals surface area contributed by atoms with Crippen molar-refractivity contribution >= 4 is 5.97 Å². The molecule has 3 atom stereocenters. The molecule has 0 heterocycles. The number of aliphatic carboxylic acids is 1. The molecule has 0 saturated carbocycles. The van der Waals surface area contributed by atoms with Gasteiger partial charge in [-0.2, -0.15) is 0 Å². The van der Waals surface area contributed by atoms with Crippen molar-refractivity contribution in [3.8, 4) is 0 Å². The molecule has 0 bridgehead atoms. The molecular weight excluding hydrogens is 206 g/mol. The Labute approximate surface area is 94.7 Å². The van der Waals surface area contributed by atoms with Crippen molar-refractivity contribution in [1.29, 1.82) is 0 Å². The van der Waals surface area contributed by atoms with Crippen molar-refractivity contribution in [2.75, 3.05) is 0 Å². The number of hydrogen-bond acceptors (Lipinski definition) is 3. The van der Waals surface area contributed by atoms with Gasteiger partial charge in [-0.25, -0.2) is 0 Å². The maximum Gasteiger partial charge on any atom is 0.320 e. The lowest BCUT2D eigenvalue weighted by molar-refractivity contribution is -0.141. The summed E-state index contributed by atoms with van der Waals surface area (Å²) < 4.78 is 0. The van der Waals surface area contributed by atoms with E-state index in [0.717, 1.165) is 5.56 Å². The van der Waals surface area contributed by atoms with Crippen LogP contribution < -0.4 is 5.73 Å². The SMILES string of the molecule is C[C@@H](O)[C@H](Cc1ccccc1)[C@H](N)C(=O)O. The summed E-state index contributed by atoms with van der Waals surface area (Å²) in [6, 6.07) is 8.38. The van der Waals surface area contributed by atoms with Crippen LogP contribution in [0.3, 0.4) is 0 Å². The van der Waals surface area contributed by atoms with Gasteiger partial charge in [-0.1, -0.05) is 30.3 Å². The van der Waals surface area contributed by atoms with Gasteiger partial charge in [0.05, 0.1) is 6.10 Å². The number of aliphatic hydroxyl groups is 1. The van der Waals surface area contributed by atoms with Crippen LogP contribution in [0.2, 0.25) is 0 Å². The molecule has 0 unspecified atom stereocenters. The summed E-state index contributed by atoms with van der Waals surface area (Å²) in [5, 5.41) is 18.4. The number of rotatable bonds is 5. The smallest absolute Gasteiger partial charge is 0.320 e. The fourth-order valence-corrected chi connectivity index (χ4v) is 1.67. The lowest BCUT2D eigenvalue weighted by Gasteiger charge is -2.23. The van der Waals surface area contributed by atoms with E-state index in [4.69, 9.17) is 10.8 Å². The van der Waals surface area contributed by atoms with E-state index < -0.39 is 24.0 Å². The van der Waals surface area contributed by atoms with Gasteiger partial charge >= 0.3 is 5.97 Å². The van der Waals surface area contributed by atoms with Crippen molar-refractivity contribution in [2.45, 2.75) is 25.5 Å². The predicted octanol–water partition coefficient (Wildman–Crippen LogP) is 0.638. The van der Waals surface area contributed by atoms with Gasteiger partial charge in [-0.15, -0.1) is 0 Å². The first kappa shape index (κ1) is 12.7. The van der Waals surface area contributed by atoms with E-state index in [1.807, 2.05) is 30.3 Å². The van der Waals surface area contributed by atoms with Gasteiger partial charge in [0.1, 0.15) is 6.04 Å². The number of carboxylic acids is 1. The predicted molar refractivity (Wildman–Crippen MR) is 60.9 cm³/mol. The van der Waals surface area contributed by atoms with Crippen LogP contribution in [-0.4, -0.2) is 28.3 Å².